The van der Waals surface area contributed by atoms with Gasteiger partial charge < -0.3 is 4.90 Å². The maximum atomic E-state index is 12.6. The third-order valence-corrected chi connectivity index (χ3v) is 5.42. The second kappa shape index (κ2) is 7.73. The average molecular weight is 328 g/mol. The smallest absolute Gasteiger partial charge is 0.273 e. The second-order valence-electron chi connectivity index (χ2n) is 6.48. The minimum absolute atomic E-state index is 0.0612. The van der Waals surface area contributed by atoms with Crippen LogP contribution in [0.3, 0.4) is 0 Å². The summed E-state index contributed by atoms with van der Waals surface area (Å²) in [5.41, 5.74) is 1.83. The molecular formula is C19H24N2OS. The number of thiazole rings is 1. The molecule has 0 saturated heterocycles. The SMILES string of the molecule is CN(CC1CCCCC1)C(=O)c1csc(Cc2ccccc2)n1. The van der Waals surface area contributed by atoms with Gasteiger partial charge in [0.05, 0.1) is 5.01 Å². The highest BCUT2D eigenvalue weighted by molar-refractivity contribution is 7.09. The number of aromatic nitrogens is 1. The highest BCUT2D eigenvalue weighted by Crippen LogP contribution is 2.24. The predicted molar refractivity (Wildman–Crippen MR) is 94.9 cm³/mol. The van der Waals surface area contributed by atoms with Crippen LogP contribution >= 0.6 is 11.3 Å². The lowest BCUT2D eigenvalue weighted by atomic mass is 9.89. The van der Waals surface area contributed by atoms with Gasteiger partial charge in [-0.3, -0.25) is 4.79 Å². The van der Waals surface area contributed by atoms with Crippen molar-refractivity contribution in [1.82, 2.24) is 9.88 Å². The van der Waals surface area contributed by atoms with Gasteiger partial charge in [-0.2, -0.15) is 0 Å². The Balaban J connectivity index is 1.59. The lowest BCUT2D eigenvalue weighted by Gasteiger charge is -2.26. The highest BCUT2D eigenvalue weighted by atomic mass is 32.1. The van der Waals surface area contributed by atoms with Crippen molar-refractivity contribution in [3.8, 4) is 0 Å². The largest absolute Gasteiger partial charge is 0.340 e. The van der Waals surface area contributed by atoms with E-state index in [-0.39, 0.29) is 5.91 Å². The van der Waals surface area contributed by atoms with Crippen molar-refractivity contribution in [2.45, 2.75) is 38.5 Å². The molecule has 23 heavy (non-hydrogen) atoms. The summed E-state index contributed by atoms with van der Waals surface area (Å²) in [5, 5.41) is 2.91. The molecule has 2 aromatic rings. The van der Waals surface area contributed by atoms with Gasteiger partial charge in [0.1, 0.15) is 5.69 Å². The molecule has 1 aliphatic rings. The maximum Gasteiger partial charge on any atom is 0.273 e. The van der Waals surface area contributed by atoms with Crippen LogP contribution in [0.5, 0.6) is 0 Å². The second-order valence-corrected chi connectivity index (χ2v) is 7.42. The molecule has 3 rings (SSSR count). The molecular weight excluding hydrogens is 304 g/mol. The maximum absolute atomic E-state index is 12.6. The third kappa shape index (κ3) is 4.41. The summed E-state index contributed by atoms with van der Waals surface area (Å²) >= 11 is 1.58. The molecule has 0 unspecified atom stereocenters. The van der Waals surface area contributed by atoms with E-state index in [1.165, 1.54) is 37.7 Å². The molecule has 1 saturated carbocycles. The quantitative estimate of drug-likeness (QED) is 0.816. The fourth-order valence-corrected chi connectivity index (χ4v) is 4.10. The minimum Gasteiger partial charge on any atom is -0.340 e. The van der Waals surface area contributed by atoms with E-state index in [1.54, 1.807) is 11.3 Å². The van der Waals surface area contributed by atoms with Crippen LogP contribution in [-0.2, 0) is 6.42 Å². The monoisotopic (exact) mass is 328 g/mol. The number of carbonyl (C=O) groups is 1. The van der Waals surface area contributed by atoms with Crippen molar-refractivity contribution in [2.75, 3.05) is 13.6 Å². The summed E-state index contributed by atoms with van der Waals surface area (Å²) in [6.45, 7) is 0.865. The van der Waals surface area contributed by atoms with E-state index in [4.69, 9.17) is 0 Å². The number of rotatable bonds is 5. The normalized spacial score (nSPS) is 15.5. The zero-order valence-electron chi connectivity index (χ0n) is 13.7. The molecule has 0 spiro atoms. The first-order valence-corrected chi connectivity index (χ1v) is 9.34. The van der Waals surface area contributed by atoms with Crippen molar-refractivity contribution in [3.63, 3.8) is 0 Å². The van der Waals surface area contributed by atoms with Gasteiger partial charge in [-0.05, 0) is 24.3 Å². The van der Waals surface area contributed by atoms with Crippen LogP contribution in [0.2, 0.25) is 0 Å². The molecule has 0 aliphatic heterocycles. The summed E-state index contributed by atoms with van der Waals surface area (Å²) < 4.78 is 0. The minimum atomic E-state index is 0.0612. The third-order valence-electron chi connectivity index (χ3n) is 4.57. The zero-order valence-corrected chi connectivity index (χ0v) is 14.5. The Labute approximate surface area is 142 Å². The Morgan fingerprint density at radius 2 is 1.96 bits per heavy atom. The zero-order chi connectivity index (χ0) is 16.1. The van der Waals surface area contributed by atoms with E-state index in [0.717, 1.165) is 18.0 Å². The van der Waals surface area contributed by atoms with Gasteiger partial charge in [0, 0.05) is 25.4 Å². The Bertz CT molecular complexity index is 632. The number of hydrogen-bond donors (Lipinski definition) is 0. The van der Waals surface area contributed by atoms with Gasteiger partial charge in [-0.15, -0.1) is 11.3 Å². The average Bonchev–Trinajstić information content (AvgIpc) is 3.04. The van der Waals surface area contributed by atoms with E-state index in [0.29, 0.717) is 11.6 Å². The molecule has 0 N–H and O–H groups in total. The van der Waals surface area contributed by atoms with Crippen LogP contribution in [-0.4, -0.2) is 29.4 Å². The number of benzene rings is 1. The van der Waals surface area contributed by atoms with Gasteiger partial charge >= 0.3 is 0 Å². The van der Waals surface area contributed by atoms with E-state index in [9.17, 15) is 4.79 Å². The fraction of sp³-hybridized carbons (Fsp3) is 0.474. The lowest BCUT2D eigenvalue weighted by molar-refractivity contribution is 0.0755. The molecule has 4 heteroatoms. The Kier molecular flexibility index (Phi) is 5.44. The first-order valence-electron chi connectivity index (χ1n) is 8.46. The number of amides is 1. The summed E-state index contributed by atoms with van der Waals surface area (Å²) in [6, 6.07) is 10.3. The van der Waals surface area contributed by atoms with Crippen LogP contribution in [0.25, 0.3) is 0 Å². The molecule has 1 aromatic carbocycles. The van der Waals surface area contributed by atoms with Crippen LogP contribution < -0.4 is 0 Å². The molecule has 1 aliphatic carbocycles. The molecule has 1 aromatic heterocycles. The van der Waals surface area contributed by atoms with Crippen molar-refractivity contribution in [1.29, 1.82) is 0 Å². The Morgan fingerprint density at radius 1 is 1.22 bits per heavy atom. The van der Waals surface area contributed by atoms with E-state index >= 15 is 0 Å². The number of hydrogen-bond acceptors (Lipinski definition) is 3. The first-order chi connectivity index (χ1) is 11.2. The molecule has 0 radical (unpaired) electrons. The molecule has 1 fully saturated rings. The first kappa shape index (κ1) is 16.2. The summed E-state index contributed by atoms with van der Waals surface area (Å²) in [4.78, 5) is 19.0. The van der Waals surface area contributed by atoms with Crippen LogP contribution in [0.1, 0.15) is 53.2 Å². The molecule has 1 amide bonds. The molecule has 3 nitrogen and oxygen atoms in total. The van der Waals surface area contributed by atoms with E-state index in [1.807, 2.05) is 35.5 Å². The molecule has 0 atom stereocenters. The van der Waals surface area contributed by atoms with Crippen LogP contribution in [0.15, 0.2) is 35.7 Å². The van der Waals surface area contributed by atoms with E-state index in [2.05, 4.69) is 17.1 Å². The van der Waals surface area contributed by atoms with Crippen molar-refractivity contribution in [3.05, 3.63) is 52.0 Å². The van der Waals surface area contributed by atoms with Gasteiger partial charge in [0.25, 0.3) is 5.91 Å². The van der Waals surface area contributed by atoms with Crippen molar-refractivity contribution >= 4 is 17.2 Å². The summed E-state index contributed by atoms with van der Waals surface area (Å²) in [7, 11) is 1.91. The van der Waals surface area contributed by atoms with Gasteiger partial charge in [-0.25, -0.2) is 4.98 Å². The van der Waals surface area contributed by atoms with Crippen molar-refractivity contribution in [2.24, 2.45) is 5.92 Å². The fourth-order valence-electron chi connectivity index (χ4n) is 3.30. The number of nitrogens with zero attached hydrogens (tertiary/aromatic N) is 2. The standard InChI is InChI=1S/C19H24N2OS/c1-21(13-16-10-6-3-7-11-16)19(22)17-14-23-18(20-17)12-15-8-4-2-5-9-15/h2,4-5,8-9,14,16H,3,6-7,10-13H2,1H3. The van der Waals surface area contributed by atoms with Gasteiger partial charge in [0.15, 0.2) is 0 Å². The van der Waals surface area contributed by atoms with Gasteiger partial charge in [-0.1, -0.05) is 49.6 Å². The van der Waals surface area contributed by atoms with E-state index < -0.39 is 0 Å². The highest BCUT2D eigenvalue weighted by Gasteiger charge is 2.20. The summed E-state index contributed by atoms with van der Waals surface area (Å²) in [6.07, 6.45) is 7.28. The van der Waals surface area contributed by atoms with Gasteiger partial charge in [0.2, 0.25) is 0 Å². The predicted octanol–water partition coefficient (Wildman–Crippen LogP) is 4.39. The van der Waals surface area contributed by atoms with Crippen molar-refractivity contribution < 1.29 is 4.79 Å². The Morgan fingerprint density at radius 3 is 2.70 bits per heavy atom. The van der Waals surface area contributed by atoms with Crippen LogP contribution in [0, 0.1) is 5.92 Å². The summed E-state index contributed by atoms with van der Waals surface area (Å²) in [5.74, 6) is 0.728. The molecule has 1 heterocycles. The lowest BCUT2D eigenvalue weighted by Crippen LogP contribution is -2.32. The number of carbonyl (C=O) groups excluding carboxylic acids is 1. The van der Waals surface area contributed by atoms with Crippen LogP contribution in [0.4, 0.5) is 0 Å². The topological polar surface area (TPSA) is 33.2 Å². The molecule has 0 bridgehead atoms. The Hall–Kier alpha value is -1.68. The molecule has 122 valence electrons.